The van der Waals surface area contributed by atoms with Crippen molar-refractivity contribution >= 4 is 18.3 Å². The molecule has 0 aliphatic carbocycles. The monoisotopic (exact) mass is 379 g/mol. The van der Waals surface area contributed by atoms with Gasteiger partial charge in [-0.2, -0.15) is 0 Å². The highest BCUT2D eigenvalue weighted by atomic mass is 16.5. The van der Waals surface area contributed by atoms with Crippen LogP contribution in [0.15, 0.2) is 49.0 Å². The molecule has 3 rings (SSSR count). The zero-order valence-electron chi connectivity index (χ0n) is 15.8. The highest BCUT2D eigenvalue weighted by molar-refractivity contribution is 5.98. The Morgan fingerprint density at radius 1 is 1.21 bits per heavy atom. The van der Waals surface area contributed by atoms with Crippen molar-refractivity contribution in [2.75, 3.05) is 13.2 Å². The second-order valence-corrected chi connectivity index (χ2v) is 6.88. The van der Waals surface area contributed by atoms with Crippen molar-refractivity contribution in [3.05, 3.63) is 65.7 Å². The number of hydrogen-bond acceptors (Lipinski definition) is 4. The predicted octanol–water partition coefficient (Wildman–Crippen LogP) is 4.31. The molecule has 1 atom stereocenters. The number of ether oxygens (including phenoxy) is 1. The number of piperidine rings is 1. The minimum Gasteiger partial charge on any atom is -0.507 e. The van der Waals surface area contributed by atoms with Crippen LogP contribution in [0, 0.1) is 0 Å². The topological polar surface area (TPSA) is 66.8 Å². The summed E-state index contributed by atoms with van der Waals surface area (Å²) in [5.41, 5.74) is 1.66. The number of aromatic hydroxyl groups is 1. The van der Waals surface area contributed by atoms with E-state index in [2.05, 4.69) is 6.58 Å². The van der Waals surface area contributed by atoms with Crippen LogP contribution in [-0.2, 0) is 0 Å². The van der Waals surface area contributed by atoms with E-state index in [4.69, 9.17) is 4.74 Å². The zero-order valence-corrected chi connectivity index (χ0v) is 15.8. The van der Waals surface area contributed by atoms with Crippen LogP contribution < -0.4 is 4.74 Å². The predicted molar refractivity (Wildman–Crippen MR) is 109 cm³/mol. The number of likely N-dealkylation sites (tertiary alicyclic amines) is 1. The molecule has 1 aliphatic rings. The van der Waals surface area contributed by atoms with Crippen molar-refractivity contribution in [1.29, 1.82) is 0 Å². The molecule has 0 radical (unpaired) electrons. The first kappa shape index (κ1) is 19.7. The number of phenolic OH excluding ortho intramolecular Hbond substituents is 1. The first-order valence-corrected chi connectivity index (χ1v) is 9.58. The van der Waals surface area contributed by atoms with E-state index in [1.807, 2.05) is 29.2 Å². The van der Waals surface area contributed by atoms with Crippen LogP contribution in [-0.4, -0.2) is 41.4 Å². The lowest BCUT2D eigenvalue weighted by Gasteiger charge is -2.36. The van der Waals surface area contributed by atoms with Crippen LogP contribution in [0.4, 0.5) is 0 Å². The second kappa shape index (κ2) is 9.22. The molecule has 1 aliphatic heterocycles. The van der Waals surface area contributed by atoms with Gasteiger partial charge in [0.05, 0.1) is 12.2 Å². The van der Waals surface area contributed by atoms with Gasteiger partial charge < -0.3 is 14.7 Å². The van der Waals surface area contributed by atoms with Gasteiger partial charge in [-0.1, -0.05) is 36.9 Å². The van der Waals surface area contributed by atoms with Crippen molar-refractivity contribution in [1.82, 2.24) is 4.90 Å². The van der Waals surface area contributed by atoms with Crippen molar-refractivity contribution in [2.24, 2.45) is 0 Å². The van der Waals surface area contributed by atoms with Gasteiger partial charge >= 0.3 is 0 Å². The summed E-state index contributed by atoms with van der Waals surface area (Å²) in [5, 5.41) is 9.76. The Morgan fingerprint density at radius 2 is 2.04 bits per heavy atom. The molecular formula is C23H25NO4. The molecule has 1 N–H and O–H groups in total. The average molecular weight is 379 g/mol. The van der Waals surface area contributed by atoms with Gasteiger partial charge in [-0.05, 0) is 43.0 Å². The zero-order chi connectivity index (χ0) is 19.9. The Balaban J connectivity index is 1.69. The number of phenols is 1. The molecule has 146 valence electrons. The van der Waals surface area contributed by atoms with Gasteiger partial charge in [0, 0.05) is 24.6 Å². The molecule has 1 heterocycles. The molecule has 1 amide bonds. The summed E-state index contributed by atoms with van der Waals surface area (Å²) < 4.78 is 5.74. The highest BCUT2D eigenvalue weighted by Crippen LogP contribution is 2.27. The molecule has 0 bridgehead atoms. The van der Waals surface area contributed by atoms with E-state index >= 15 is 0 Å². The summed E-state index contributed by atoms with van der Waals surface area (Å²) in [5.74, 6) is 0.287. The minimum absolute atomic E-state index is 0.0196. The van der Waals surface area contributed by atoms with Gasteiger partial charge in [0.1, 0.15) is 11.5 Å². The SMILES string of the molecule is C=Cc1ccccc1C(=O)N1CCCC[C@H]1CCOc1cccc(O)c1C=O. The summed E-state index contributed by atoms with van der Waals surface area (Å²) in [4.78, 5) is 26.2. The highest BCUT2D eigenvalue weighted by Gasteiger charge is 2.28. The van der Waals surface area contributed by atoms with Crippen LogP contribution >= 0.6 is 0 Å². The lowest BCUT2D eigenvalue weighted by Crippen LogP contribution is -2.44. The van der Waals surface area contributed by atoms with Gasteiger partial charge in [-0.25, -0.2) is 0 Å². The molecule has 5 nitrogen and oxygen atoms in total. The number of aldehydes is 1. The summed E-state index contributed by atoms with van der Waals surface area (Å²) in [7, 11) is 0. The molecule has 2 aromatic carbocycles. The summed E-state index contributed by atoms with van der Waals surface area (Å²) in [6.45, 7) is 4.89. The third-order valence-electron chi connectivity index (χ3n) is 5.17. The minimum atomic E-state index is -0.0944. The normalized spacial score (nSPS) is 16.4. The number of carbonyl (C=O) groups excluding carboxylic acids is 2. The van der Waals surface area contributed by atoms with Gasteiger partial charge in [0.15, 0.2) is 6.29 Å². The number of amides is 1. The average Bonchev–Trinajstić information content (AvgIpc) is 2.73. The number of benzene rings is 2. The quantitative estimate of drug-likeness (QED) is 0.728. The van der Waals surface area contributed by atoms with E-state index in [9.17, 15) is 14.7 Å². The van der Waals surface area contributed by atoms with E-state index < -0.39 is 0 Å². The van der Waals surface area contributed by atoms with E-state index in [0.717, 1.165) is 31.4 Å². The molecule has 0 spiro atoms. The van der Waals surface area contributed by atoms with Crippen molar-refractivity contribution in [3.8, 4) is 11.5 Å². The van der Waals surface area contributed by atoms with Crippen LogP contribution in [0.25, 0.3) is 6.08 Å². The number of nitrogens with zero attached hydrogens (tertiary/aromatic N) is 1. The Morgan fingerprint density at radius 3 is 2.82 bits per heavy atom. The molecular weight excluding hydrogens is 354 g/mol. The first-order chi connectivity index (χ1) is 13.7. The maximum atomic E-state index is 13.1. The fraction of sp³-hybridized carbons (Fsp3) is 0.304. The van der Waals surface area contributed by atoms with Crippen molar-refractivity contribution in [2.45, 2.75) is 31.7 Å². The molecule has 0 unspecified atom stereocenters. The maximum absolute atomic E-state index is 13.1. The fourth-order valence-corrected chi connectivity index (χ4v) is 3.67. The van der Waals surface area contributed by atoms with E-state index in [-0.39, 0.29) is 23.3 Å². The largest absolute Gasteiger partial charge is 0.507 e. The Bertz CT molecular complexity index is 861. The maximum Gasteiger partial charge on any atom is 0.254 e. The summed E-state index contributed by atoms with van der Waals surface area (Å²) in [6.07, 6.45) is 5.94. The Kier molecular flexibility index (Phi) is 6.48. The summed E-state index contributed by atoms with van der Waals surface area (Å²) >= 11 is 0. The van der Waals surface area contributed by atoms with Gasteiger partial charge in [-0.3, -0.25) is 9.59 Å². The Hall–Kier alpha value is -3.08. The van der Waals surface area contributed by atoms with E-state index in [0.29, 0.717) is 30.6 Å². The molecule has 0 aromatic heterocycles. The third-order valence-corrected chi connectivity index (χ3v) is 5.17. The van der Waals surface area contributed by atoms with E-state index in [1.165, 1.54) is 6.07 Å². The second-order valence-electron chi connectivity index (χ2n) is 6.88. The molecule has 2 aromatic rings. The fourth-order valence-electron chi connectivity index (χ4n) is 3.67. The third kappa shape index (κ3) is 4.25. The molecule has 1 fully saturated rings. The van der Waals surface area contributed by atoms with Crippen LogP contribution in [0.3, 0.4) is 0 Å². The van der Waals surface area contributed by atoms with Crippen molar-refractivity contribution < 1.29 is 19.4 Å². The van der Waals surface area contributed by atoms with Crippen LogP contribution in [0.2, 0.25) is 0 Å². The van der Waals surface area contributed by atoms with Crippen LogP contribution in [0.1, 0.15) is 52.0 Å². The number of carbonyl (C=O) groups is 2. The van der Waals surface area contributed by atoms with Gasteiger partial charge in [0.25, 0.3) is 5.91 Å². The smallest absolute Gasteiger partial charge is 0.254 e. The Labute approximate surface area is 165 Å². The molecule has 28 heavy (non-hydrogen) atoms. The number of hydrogen-bond donors (Lipinski definition) is 1. The summed E-state index contributed by atoms with van der Waals surface area (Å²) in [6, 6.07) is 12.3. The standard InChI is InChI=1S/C23H25NO4/c1-2-17-8-3-4-10-19(17)23(27)24-14-6-5-9-18(24)13-15-28-22-12-7-11-21(26)20(22)16-25/h2-4,7-8,10-12,16,18,26H,1,5-6,9,13-15H2/t18-/m0/s1. The molecule has 5 heteroatoms. The van der Waals surface area contributed by atoms with Crippen LogP contribution in [0.5, 0.6) is 11.5 Å². The van der Waals surface area contributed by atoms with Gasteiger partial charge in [-0.15, -0.1) is 0 Å². The van der Waals surface area contributed by atoms with Gasteiger partial charge in [0.2, 0.25) is 0 Å². The first-order valence-electron chi connectivity index (χ1n) is 9.58. The molecule has 1 saturated heterocycles. The van der Waals surface area contributed by atoms with Crippen molar-refractivity contribution in [3.63, 3.8) is 0 Å². The van der Waals surface area contributed by atoms with E-state index in [1.54, 1.807) is 18.2 Å². The molecule has 0 saturated carbocycles. The number of rotatable bonds is 7. The lowest BCUT2D eigenvalue weighted by molar-refractivity contribution is 0.0580. The lowest BCUT2D eigenvalue weighted by atomic mass is 9.97.